The normalized spacial score (nSPS) is 15.1. The number of urea groups is 1. The molecule has 1 aliphatic rings. The predicted octanol–water partition coefficient (Wildman–Crippen LogP) is 2.82. The molecule has 0 bridgehead atoms. The highest BCUT2D eigenvalue weighted by Crippen LogP contribution is 2.17. The zero-order valence-corrected chi connectivity index (χ0v) is 13.2. The average molecular weight is 303 g/mol. The number of carbonyl (C=O) groups excluding carboxylic acids is 2. The van der Waals surface area contributed by atoms with Crippen LogP contribution < -0.4 is 16.0 Å². The number of hydrogen-bond acceptors (Lipinski definition) is 2. The Hall–Kier alpha value is -2.04. The fraction of sp³-hybridized carbons (Fsp3) is 0.529. The minimum atomic E-state index is -0.134. The second-order valence-electron chi connectivity index (χ2n) is 5.80. The minimum absolute atomic E-state index is 0.0362. The van der Waals surface area contributed by atoms with E-state index in [1.165, 1.54) is 19.3 Å². The maximum Gasteiger partial charge on any atom is 0.319 e. The van der Waals surface area contributed by atoms with E-state index < -0.39 is 0 Å². The molecule has 0 saturated heterocycles. The van der Waals surface area contributed by atoms with Crippen molar-refractivity contribution in [1.82, 2.24) is 10.6 Å². The van der Waals surface area contributed by atoms with Gasteiger partial charge in [-0.15, -0.1) is 0 Å². The Labute approximate surface area is 131 Å². The molecule has 2 rings (SSSR count). The van der Waals surface area contributed by atoms with Gasteiger partial charge in [0.25, 0.3) is 0 Å². The summed E-state index contributed by atoms with van der Waals surface area (Å²) in [6.07, 6.45) is 7.00. The summed E-state index contributed by atoms with van der Waals surface area (Å²) in [7, 11) is 1.64. The Balaban J connectivity index is 1.77. The van der Waals surface area contributed by atoms with Crippen molar-refractivity contribution in [2.75, 3.05) is 12.4 Å². The van der Waals surface area contributed by atoms with Gasteiger partial charge in [0.1, 0.15) is 0 Å². The van der Waals surface area contributed by atoms with E-state index >= 15 is 0 Å². The molecule has 1 aromatic carbocycles. The molecular weight excluding hydrogens is 278 g/mol. The Morgan fingerprint density at radius 3 is 2.41 bits per heavy atom. The van der Waals surface area contributed by atoms with Crippen LogP contribution in [0.4, 0.5) is 10.5 Å². The van der Waals surface area contributed by atoms with Crippen LogP contribution in [0.5, 0.6) is 0 Å². The van der Waals surface area contributed by atoms with E-state index in [4.69, 9.17) is 0 Å². The van der Waals surface area contributed by atoms with Gasteiger partial charge in [0.15, 0.2) is 0 Å². The largest absolute Gasteiger partial charge is 0.359 e. The highest BCUT2D eigenvalue weighted by molar-refractivity contribution is 5.89. The molecule has 1 aromatic rings. The van der Waals surface area contributed by atoms with Crippen LogP contribution in [0, 0.1) is 0 Å². The Bertz CT molecular complexity index is 493. The van der Waals surface area contributed by atoms with Crippen molar-refractivity contribution in [2.24, 2.45) is 0 Å². The van der Waals surface area contributed by atoms with Crippen LogP contribution >= 0.6 is 0 Å². The van der Waals surface area contributed by atoms with E-state index in [-0.39, 0.29) is 11.9 Å². The summed E-state index contributed by atoms with van der Waals surface area (Å²) in [4.78, 5) is 23.2. The van der Waals surface area contributed by atoms with Crippen LogP contribution in [0.3, 0.4) is 0 Å². The molecule has 1 aliphatic carbocycles. The molecule has 3 N–H and O–H groups in total. The van der Waals surface area contributed by atoms with Crippen molar-refractivity contribution in [3.05, 3.63) is 29.8 Å². The molecule has 0 atom stereocenters. The van der Waals surface area contributed by atoms with Crippen LogP contribution in [0.15, 0.2) is 24.3 Å². The third kappa shape index (κ3) is 5.39. The Kier molecular flexibility index (Phi) is 6.25. The number of benzene rings is 1. The van der Waals surface area contributed by atoms with Gasteiger partial charge in [0.2, 0.25) is 5.91 Å². The lowest BCUT2D eigenvalue weighted by Gasteiger charge is -2.22. The SMILES string of the molecule is CNC(=O)CCc1ccc(NC(=O)NC2CCCCC2)cc1. The lowest BCUT2D eigenvalue weighted by molar-refractivity contribution is -0.120. The zero-order valence-electron chi connectivity index (χ0n) is 13.2. The van der Waals surface area contributed by atoms with Gasteiger partial charge >= 0.3 is 6.03 Å². The second kappa shape index (κ2) is 8.41. The van der Waals surface area contributed by atoms with Crippen LogP contribution in [0.2, 0.25) is 0 Å². The van der Waals surface area contributed by atoms with Gasteiger partial charge in [-0.25, -0.2) is 4.79 Å². The first kappa shape index (κ1) is 16.3. The molecule has 0 aromatic heterocycles. The molecular formula is C17H25N3O2. The minimum Gasteiger partial charge on any atom is -0.359 e. The van der Waals surface area contributed by atoms with Crippen LogP contribution in [-0.2, 0) is 11.2 Å². The molecule has 1 fully saturated rings. The zero-order chi connectivity index (χ0) is 15.8. The molecule has 120 valence electrons. The lowest BCUT2D eigenvalue weighted by Crippen LogP contribution is -2.38. The molecule has 22 heavy (non-hydrogen) atoms. The quantitative estimate of drug-likeness (QED) is 0.783. The van der Waals surface area contributed by atoms with Crippen molar-refractivity contribution < 1.29 is 9.59 Å². The van der Waals surface area contributed by atoms with Gasteiger partial charge in [-0.2, -0.15) is 0 Å². The summed E-state index contributed by atoms with van der Waals surface area (Å²) in [6.45, 7) is 0. The average Bonchev–Trinajstić information content (AvgIpc) is 2.54. The van der Waals surface area contributed by atoms with Gasteiger partial charge < -0.3 is 16.0 Å². The molecule has 1 saturated carbocycles. The fourth-order valence-electron chi connectivity index (χ4n) is 2.74. The number of carbonyl (C=O) groups is 2. The van der Waals surface area contributed by atoms with Crippen molar-refractivity contribution in [2.45, 2.75) is 51.0 Å². The van der Waals surface area contributed by atoms with Crippen LogP contribution in [-0.4, -0.2) is 25.0 Å². The maximum atomic E-state index is 11.9. The monoisotopic (exact) mass is 303 g/mol. The van der Waals surface area contributed by atoms with Gasteiger partial charge in [-0.1, -0.05) is 31.4 Å². The van der Waals surface area contributed by atoms with E-state index in [1.807, 2.05) is 24.3 Å². The first-order valence-electron chi connectivity index (χ1n) is 8.04. The Morgan fingerprint density at radius 2 is 1.77 bits per heavy atom. The third-order valence-corrected chi connectivity index (χ3v) is 4.07. The maximum absolute atomic E-state index is 11.9. The highest BCUT2D eigenvalue weighted by atomic mass is 16.2. The first-order chi connectivity index (χ1) is 10.7. The topological polar surface area (TPSA) is 70.2 Å². The van der Waals surface area contributed by atoms with E-state index in [1.54, 1.807) is 7.05 Å². The summed E-state index contributed by atoms with van der Waals surface area (Å²) in [5.74, 6) is 0.0362. The molecule has 0 spiro atoms. The molecule has 0 radical (unpaired) electrons. The standard InChI is InChI=1S/C17H25N3O2/c1-18-16(21)12-9-13-7-10-15(11-8-13)20-17(22)19-14-5-3-2-4-6-14/h7-8,10-11,14H,2-6,9,12H2,1H3,(H,18,21)(H2,19,20,22). The van der Waals surface area contributed by atoms with Crippen molar-refractivity contribution in [1.29, 1.82) is 0 Å². The van der Waals surface area contributed by atoms with Crippen molar-refractivity contribution in [3.63, 3.8) is 0 Å². The molecule has 0 heterocycles. The second-order valence-corrected chi connectivity index (χ2v) is 5.80. The van der Waals surface area contributed by atoms with Crippen LogP contribution in [0.1, 0.15) is 44.1 Å². The number of rotatable bonds is 5. The molecule has 5 heteroatoms. The van der Waals surface area contributed by atoms with E-state index in [0.717, 1.165) is 24.1 Å². The van der Waals surface area contributed by atoms with Crippen molar-refractivity contribution in [3.8, 4) is 0 Å². The van der Waals surface area contributed by atoms with Gasteiger partial charge in [-0.3, -0.25) is 4.79 Å². The summed E-state index contributed by atoms with van der Waals surface area (Å²) >= 11 is 0. The van der Waals surface area contributed by atoms with Gasteiger partial charge in [-0.05, 0) is 37.0 Å². The van der Waals surface area contributed by atoms with Gasteiger partial charge in [0.05, 0.1) is 0 Å². The lowest BCUT2D eigenvalue weighted by atomic mass is 9.96. The van der Waals surface area contributed by atoms with Crippen LogP contribution in [0.25, 0.3) is 0 Å². The number of nitrogens with one attached hydrogen (secondary N) is 3. The van der Waals surface area contributed by atoms with E-state index in [9.17, 15) is 9.59 Å². The predicted molar refractivity (Wildman–Crippen MR) is 87.9 cm³/mol. The molecule has 3 amide bonds. The third-order valence-electron chi connectivity index (χ3n) is 4.07. The summed E-state index contributed by atoms with van der Waals surface area (Å²) in [5.41, 5.74) is 1.86. The summed E-state index contributed by atoms with van der Waals surface area (Å²) in [5, 5.41) is 8.50. The smallest absolute Gasteiger partial charge is 0.319 e. The number of aryl methyl sites for hydroxylation is 1. The van der Waals surface area contributed by atoms with E-state index in [2.05, 4.69) is 16.0 Å². The number of hydrogen-bond donors (Lipinski definition) is 3. The first-order valence-corrected chi connectivity index (χ1v) is 8.04. The van der Waals surface area contributed by atoms with E-state index in [0.29, 0.717) is 18.9 Å². The fourth-order valence-corrected chi connectivity index (χ4v) is 2.74. The van der Waals surface area contributed by atoms with Gasteiger partial charge in [0, 0.05) is 25.2 Å². The molecule has 5 nitrogen and oxygen atoms in total. The molecule has 0 aliphatic heterocycles. The summed E-state index contributed by atoms with van der Waals surface area (Å²) < 4.78 is 0. The molecule has 0 unspecified atom stereocenters. The van der Waals surface area contributed by atoms with Crippen molar-refractivity contribution >= 4 is 17.6 Å². The number of anilines is 1. The summed E-state index contributed by atoms with van der Waals surface area (Å²) in [6, 6.07) is 7.81. The highest BCUT2D eigenvalue weighted by Gasteiger charge is 2.15. The number of amides is 3. The Morgan fingerprint density at radius 1 is 1.09 bits per heavy atom.